The van der Waals surface area contributed by atoms with Crippen LogP contribution in [-0.4, -0.2) is 114 Å². The van der Waals surface area contributed by atoms with E-state index in [1.807, 2.05) is 0 Å². The summed E-state index contributed by atoms with van der Waals surface area (Å²) in [6.45, 7) is 17.4. The fourth-order valence-corrected chi connectivity index (χ4v) is 16.2. The molecule has 6 rings (SSSR count). The number of methoxy groups -OCH3 is 3. The van der Waals surface area contributed by atoms with Gasteiger partial charge in [0.1, 0.15) is 57.5 Å². The van der Waals surface area contributed by atoms with Crippen molar-refractivity contribution in [2.75, 3.05) is 58.9 Å². The predicted octanol–water partition coefficient (Wildman–Crippen LogP) is 8.69. The highest BCUT2D eigenvalue weighted by Gasteiger charge is 2.55. The average molecular weight is 931 g/mol. The lowest BCUT2D eigenvalue weighted by molar-refractivity contribution is -0.0261. The fraction of sp³-hybridized carbons (Fsp3) is 0.556. The second kappa shape index (κ2) is 18.7. The minimum absolute atomic E-state index is 0.0189. The summed E-state index contributed by atoms with van der Waals surface area (Å²) in [6.07, 6.45) is 1.26. The van der Waals surface area contributed by atoms with Crippen molar-refractivity contribution in [2.24, 2.45) is 0 Å². The molecule has 342 valence electrons. The van der Waals surface area contributed by atoms with E-state index in [2.05, 4.69) is 63.0 Å². The smallest absolute Gasteiger partial charge is 0.411 e. The molecule has 0 spiro atoms. The van der Waals surface area contributed by atoms with Crippen molar-refractivity contribution >= 4 is 61.3 Å². The van der Waals surface area contributed by atoms with Crippen LogP contribution in [0.3, 0.4) is 0 Å². The van der Waals surface area contributed by atoms with E-state index in [9.17, 15) is 13.2 Å². The summed E-state index contributed by atoms with van der Waals surface area (Å²) in [5.41, 5.74) is 1.49. The van der Waals surface area contributed by atoms with Gasteiger partial charge in [-0.1, -0.05) is 53.5 Å². The van der Waals surface area contributed by atoms with Gasteiger partial charge in [-0.15, -0.1) is 5.54 Å². The Morgan fingerprint density at radius 1 is 1.03 bits per heavy atom. The van der Waals surface area contributed by atoms with Gasteiger partial charge in [0, 0.05) is 44.4 Å². The average Bonchev–Trinajstić information content (AvgIpc) is 3.47. The topological polar surface area (TPSA) is 143 Å². The van der Waals surface area contributed by atoms with Gasteiger partial charge < -0.3 is 28.6 Å². The molecule has 0 radical (unpaired) electrons. The van der Waals surface area contributed by atoms with Crippen molar-refractivity contribution in [3.63, 3.8) is 0 Å². The van der Waals surface area contributed by atoms with E-state index in [-0.39, 0.29) is 81.5 Å². The number of hydrogen-bond acceptors (Lipinski definition) is 12. The van der Waals surface area contributed by atoms with Gasteiger partial charge in [-0.05, 0) is 73.8 Å². The van der Waals surface area contributed by atoms with Crippen LogP contribution in [0, 0.1) is 23.1 Å². The number of aromatic nitrogens is 3. The maximum Gasteiger partial charge on any atom is 0.411 e. The number of hydrogen-bond donors (Lipinski definition) is 0. The molecule has 4 atom stereocenters. The number of amides is 1. The molecule has 4 aromatic rings. The molecule has 63 heavy (non-hydrogen) atoms. The largest absolute Gasteiger partial charge is 0.480 e. The molecule has 4 heterocycles. The van der Waals surface area contributed by atoms with Crippen molar-refractivity contribution in [1.29, 1.82) is 0 Å². The Labute approximate surface area is 378 Å². The zero-order chi connectivity index (χ0) is 48.8. The number of pyridine rings is 1. The summed E-state index contributed by atoms with van der Waals surface area (Å²) < 4.78 is 113. The van der Waals surface area contributed by atoms with Crippen LogP contribution in [-0.2, 0) is 33.9 Å². The second-order valence-corrected chi connectivity index (χ2v) is 27.6. The summed E-state index contributed by atoms with van der Waals surface area (Å²) in [5, 5.41) is 0.188. The molecule has 2 fully saturated rings. The van der Waals surface area contributed by atoms with Crippen LogP contribution in [0.25, 0.3) is 32.9 Å². The van der Waals surface area contributed by atoms with Crippen molar-refractivity contribution in [3.05, 3.63) is 41.5 Å². The molecule has 2 aliphatic rings. The van der Waals surface area contributed by atoms with Gasteiger partial charge in [0.2, 0.25) is 11.0 Å². The second-order valence-electron chi connectivity index (χ2n) is 18.1. The molecule has 1 amide bonds. The molecular formula is C45H59F2N5O8S2Si. The molecule has 0 aliphatic carbocycles. The van der Waals surface area contributed by atoms with Crippen molar-refractivity contribution in [3.8, 4) is 34.4 Å². The highest BCUT2D eigenvalue weighted by molar-refractivity contribution is 8.60. The highest BCUT2D eigenvalue weighted by atomic mass is 33.1. The lowest BCUT2D eigenvalue weighted by Crippen LogP contribution is -2.66. The molecule has 2 saturated heterocycles. The number of anilines is 1. The molecule has 2 aliphatic heterocycles. The molecule has 2 aromatic carbocycles. The number of nitrogens with zero attached hydrogens (tertiary/aromatic N) is 5. The first-order valence-corrected chi connectivity index (χ1v) is 26.3. The van der Waals surface area contributed by atoms with Crippen molar-refractivity contribution in [1.82, 2.24) is 19.9 Å². The van der Waals surface area contributed by atoms with Crippen molar-refractivity contribution < 1.29 is 49.8 Å². The van der Waals surface area contributed by atoms with Gasteiger partial charge in [0.05, 0.1) is 35.0 Å². The summed E-state index contributed by atoms with van der Waals surface area (Å²) in [7, 11) is -6.89. The molecule has 0 saturated carbocycles. The normalized spacial score (nSPS) is 19.8. The highest BCUT2D eigenvalue weighted by Crippen LogP contribution is 2.46. The molecule has 0 N–H and O–H groups in total. The molecule has 13 nitrogen and oxygen atoms in total. The summed E-state index contributed by atoms with van der Waals surface area (Å²) >= 11 is 0. The first-order valence-electron chi connectivity index (χ1n) is 22.3. The van der Waals surface area contributed by atoms with E-state index in [1.54, 1.807) is 37.8 Å². The van der Waals surface area contributed by atoms with Gasteiger partial charge in [-0.3, -0.25) is 4.90 Å². The lowest BCUT2D eigenvalue weighted by atomic mass is 9.95. The van der Waals surface area contributed by atoms with Gasteiger partial charge in [0.25, 0.3) is 0 Å². The van der Waals surface area contributed by atoms with Crippen LogP contribution in [0.2, 0.25) is 16.6 Å². The van der Waals surface area contributed by atoms with E-state index >= 15 is 8.78 Å². The van der Waals surface area contributed by atoms with Gasteiger partial charge in [-0.2, -0.15) is 0 Å². The third-order valence-electron chi connectivity index (χ3n) is 12.1. The number of carbonyl (C=O) groups is 1. The van der Waals surface area contributed by atoms with Gasteiger partial charge in [-0.25, -0.2) is 36.9 Å². The monoisotopic (exact) mass is 930 g/mol. The van der Waals surface area contributed by atoms with Crippen LogP contribution in [0.5, 0.6) is 11.6 Å². The van der Waals surface area contributed by atoms with Crippen LogP contribution in [0.15, 0.2) is 29.4 Å². The number of halogens is 2. The minimum atomic E-state index is -2.81. The Hall–Kier alpha value is -4.28. The van der Waals surface area contributed by atoms with Gasteiger partial charge in [0.15, 0.2) is 22.4 Å². The van der Waals surface area contributed by atoms with Crippen LogP contribution < -0.4 is 14.4 Å². The number of ether oxygens (including phenoxy) is 5. The van der Waals surface area contributed by atoms with Crippen molar-refractivity contribution in [2.45, 2.75) is 114 Å². The summed E-state index contributed by atoms with van der Waals surface area (Å²) in [5.74, 6) is 1.64. The maximum atomic E-state index is 18.0. The number of piperazine rings is 1. The number of rotatable bonds is 13. The zero-order valence-electron chi connectivity index (χ0n) is 40.9. The Morgan fingerprint density at radius 3 is 2.33 bits per heavy atom. The molecular weight excluding hydrogens is 869 g/mol. The van der Waals surface area contributed by atoms with Crippen LogP contribution >= 0.6 is 0 Å². The summed E-state index contributed by atoms with van der Waals surface area (Å²) in [6, 6.07) is 5.46. The van der Waals surface area contributed by atoms with E-state index in [1.165, 1.54) is 37.5 Å². The Balaban J connectivity index is 1.66. The minimum Gasteiger partial charge on any atom is -0.480 e. The Bertz CT molecular complexity index is 2620. The van der Waals surface area contributed by atoms with E-state index < -0.39 is 87.0 Å². The molecule has 2 aromatic heterocycles. The van der Waals surface area contributed by atoms with Crippen LogP contribution in [0.4, 0.5) is 19.4 Å². The van der Waals surface area contributed by atoms with E-state index in [0.29, 0.717) is 18.2 Å². The zero-order valence-corrected chi connectivity index (χ0v) is 40.6. The summed E-state index contributed by atoms with van der Waals surface area (Å²) in [4.78, 5) is 30.9. The lowest BCUT2D eigenvalue weighted by Gasteiger charge is -2.49. The third-order valence-corrected chi connectivity index (χ3v) is 21.1. The van der Waals surface area contributed by atoms with Gasteiger partial charge >= 0.3 is 6.09 Å². The first kappa shape index (κ1) is 43.9. The van der Waals surface area contributed by atoms with E-state index in [4.69, 9.17) is 32.8 Å². The van der Waals surface area contributed by atoms with Crippen LogP contribution in [0.1, 0.15) is 84.8 Å². The molecule has 2 bridgehead atoms. The standard InChI is InChI=1S/C45H59F2N5O8S2Si/c1-26(2)63(27(3)4,28(5)6)19-17-32-34(46)15-14-29-20-31(59-25-57-11)21-33(35(29)32)38-37(47)39-36(41(48-38)58-12)40(50-42(49-39)62(55)61(13)54)51-22-30-16-18-45(23-51,24-56-10)52(30)43(53)60-44(7,8)9/h14-15,20-21,26-28,30H,16,18,22-25H2,1-13H3/i10D3. The predicted molar refractivity (Wildman–Crippen MR) is 246 cm³/mol. The number of benzene rings is 2. The van der Waals surface area contributed by atoms with E-state index in [0.717, 1.165) is 0 Å². The fourth-order valence-electron chi connectivity index (χ4n) is 9.59. The maximum absolute atomic E-state index is 18.0. The molecule has 4 unspecified atom stereocenters. The number of carbonyl (C=O) groups excluding carboxylic acids is 1. The first-order chi connectivity index (χ1) is 30.8. The molecule has 18 heteroatoms. The third kappa shape index (κ3) is 9.05. The SMILES string of the molecule is [2H]C([2H])([2H])OCC12CCC(CN(c3nc(S(=O)S(C)=O)nc4c(F)c(-c5cc(OCOC)cc6ccc(F)c(C#C[Si](C(C)C)(C(C)C)C(C)C)c56)nc(OC)c34)C1)N2C(=O)OC(C)(C)C. The Morgan fingerprint density at radius 2 is 1.73 bits per heavy atom. The number of fused-ring (bicyclic) bond motifs is 4. The Kier molecular flexibility index (Phi) is 13.0. The quantitative estimate of drug-likeness (QED) is 0.0416.